The smallest absolute Gasteiger partial charge is 0.384 e. The molecule has 0 saturated carbocycles. The molecule has 0 aliphatic carbocycles. The van der Waals surface area contributed by atoms with Crippen molar-refractivity contribution in [3.63, 3.8) is 0 Å². The van der Waals surface area contributed by atoms with Gasteiger partial charge < -0.3 is 14.2 Å². The van der Waals surface area contributed by atoms with E-state index >= 15 is 0 Å². The number of ether oxygens (including phenoxy) is 3. The Labute approximate surface area is 142 Å². The van der Waals surface area contributed by atoms with Gasteiger partial charge in [0.2, 0.25) is 0 Å². The standard InChI is InChI=1S/C18H23NO5/c1-14(2)12-23-18(21)11-19-10-4-5-17(20)24-13-15-6-8-16(22-3)9-7-15/h6-9,14,19H,10-13H2,1-3H3. The van der Waals surface area contributed by atoms with E-state index in [1.807, 2.05) is 26.0 Å². The average Bonchev–Trinajstić information content (AvgIpc) is 2.58. The summed E-state index contributed by atoms with van der Waals surface area (Å²) in [5.41, 5.74) is 0.844. The molecule has 6 nitrogen and oxygen atoms in total. The molecule has 0 aromatic heterocycles. The molecule has 0 saturated heterocycles. The summed E-state index contributed by atoms with van der Waals surface area (Å²) in [4.78, 5) is 22.8. The number of carbonyl (C=O) groups excluding carboxylic acids is 2. The maximum absolute atomic E-state index is 11.5. The third kappa shape index (κ3) is 8.81. The van der Waals surface area contributed by atoms with Crippen LogP contribution in [-0.2, 0) is 25.7 Å². The Balaban J connectivity index is 2.19. The molecule has 0 heterocycles. The molecule has 0 spiro atoms. The summed E-state index contributed by atoms with van der Waals surface area (Å²) >= 11 is 0. The SMILES string of the molecule is COc1ccc(COC(=O)C#CCNCC(=O)OCC(C)C)cc1. The lowest BCUT2D eigenvalue weighted by molar-refractivity contribution is -0.143. The number of carbonyl (C=O) groups is 2. The number of nitrogens with one attached hydrogen (secondary N) is 1. The van der Waals surface area contributed by atoms with E-state index in [4.69, 9.17) is 14.2 Å². The second-order valence-corrected chi connectivity index (χ2v) is 5.41. The third-order valence-corrected chi connectivity index (χ3v) is 2.78. The first-order chi connectivity index (χ1) is 11.5. The second kappa shape index (κ2) is 11.1. The number of methoxy groups -OCH3 is 1. The van der Waals surface area contributed by atoms with Gasteiger partial charge in [0.1, 0.15) is 12.4 Å². The van der Waals surface area contributed by atoms with Gasteiger partial charge in [-0.3, -0.25) is 10.1 Å². The van der Waals surface area contributed by atoms with Gasteiger partial charge in [-0.2, -0.15) is 0 Å². The van der Waals surface area contributed by atoms with E-state index in [1.165, 1.54) is 0 Å². The minimum Gasteiger partial charge on any atom is -0.497 e. The first-order valence-corrected chi connectivity index (χ1v) is 7.66. The molecule has 0 radical (unpaired) electrons. The van der Waals surface area contributed by atoms with Crippen LogP contribution in [0.5, 0.6) is 5.75 Å². The van der Waals surface area contributed by atoms with Crippen LogP contribution in [0.1, 0.15) is 19.4 Å². The lowest BCUT2D eigenvalue weighted by Crippen LogP contribution is -2.26. The summed E-state index contributed by atoms with van der Waals surface area (Å²) in [5, 5.41) is 2.78. The highest BCUT2D eigenvalue weighted by atomic mass is 16.5. The maximum atomic E-state index is 11.5. The van der Waals surface area contributed by atoms with Crippen molar-refractivity contribution < 1.29 is 23.8 Å². The minimum absolute atomic E-state index is 0.0578. The highest BCUT2D eigenvalue weighted by Gasteiger charge is 2.03. The topological polar surface area (TPSA) is 73.9 Å². The van der Waals surface area contributed by atoms with Crippen molar-refractivity contribution >= 4 is 11.9 Å². The van der Waals surface area contributed by atoms with E-state index in [-0.39, 0.29) is 25.7 Å². The average molecular weight is 333 g/mol. The number of hydrogen-bond acceptors (Lipinski definition) is 6. The summed E-state index contributed by atoms with van der Waals surface area (Å²) in [6.45, 7) is 4.72. The van der Waals surface area contributed by atoms with Gasteiger partial charge in [0.25, 0.3) is 0 Å². The van der Waals surface area contributed by atoms with Crippen LogP contribution >= 0.6 is 0 Å². The summed E-state index contributed by atoms with van der Waals surface area (Å²) < 4.78 is 15.1. The van der Waals surface area contributed by atoms with Crippen LogP contribution in [-0.4, -0.2) is 38.7 Å². The lowest BCUT2D eigenvalue weighted by atomic mass is 10.2. The molecule has 0 aliphatic heterocycles. The molecule has 1 N–H and O–H groups in total. The van der Waals surface area contributed by atoms with Crippen LogP contribution in [0.3, 0.4) is 0 Å². The fourth-order valence-electron chi connectivity index (χ4n) is 1.56. The van der Waals surface area contributed by atoms with Crippen molar-refractivity contribution in [1.82, 2.24) is 5.32 Å². The molecule has 1 aromatic carbocycles. The fourth-order valence-corrected chi connectivity index (χ4v) is 1.56. The zero-order valence-corrected chi connectivity index (χ0v) is 14.3. The van der Waals surface area contributed by atoms with Crippen molar-refractivity contribution in [2.75, 3.05) is 26.8 Å². The third-order valence-electron chi connectivity index (χ3n) is 2.78. The van der Waals surface area contributed by atoms with E-state index in [2.05, 4.69) is 17.2 Å². The Bertz CT molecular complexity index is 584. The zero-order valence-electron chi connectivity index (χ0n) is 14.3. The Morgan fingerprint density at radius 2 is 1.88 bits per heavy atom. The lowest BCUT2D eigenvalue weighted by Gasteiger charge is -2.06. The Morgan fingerprint density at radius 3 is 2.50 bits per heavy atom. The minimum atomic E-state index is -0.616. The number of benzene rings is 1. The van der Waals surface area contributed by atoms with Crippen LogP contribution < -0.4 is 10.1 Å². The molecule has 24 heavy (non-hydrogen) atoms. The zero-order chi connectivity index (χ0) is 17.8. The fraction of sp³-hybridized carbons (Fsp3) is 0.444. The van der Waals surface area contributed by atoms with Crippen LogP contribution in [0.15, 0.2) is 24.3 Å². The predicted molar refractivity (Wildman–Crippen MR) is 89.2 cm³/mol. The molecule has 1 aromatic rings. The highest BCUT2D eigenvalue weighted by molar-refractivity contribution is 5.88. The second-order valence-electron chi connectivity index (χ2n) is 5.41. The quantitative estimate of drug-likeness (QED) is 0.337. The summed E-state index contributed by atoms with van der Waals surface area (Å²) in [7, 11) is 1.59. The van der Waals surface area contributed by atoms with Gasteiger partial charge in [-0.05, 0) is 23.6 Å². The van der Waals surface area contributed by atoms with E-state index in [9.17, 15) is 9.59 Å². The Kier molecular flexibility index (Phi) is 9.02. The van der Waals surface area contributed by atoms with E-state index < -0.39 is 5.97 Å². The summed E-state index contributed by atoms with van der Waals surface area (Å²) in [6.07, 6.45) is 0. The van der Waals surface area contributed by atoms with Crippen LogP contribution in [0.4, 0.5) is 0 Å². The summed E-state index contributed by atoms with van der Waals surface area (Å²) in [5.74, 6) is 5.03. The molecule has 0 bridgehead atoms. The molecular formula is C18H23NO5. The van der Waals surface area contributed by atoms with E-state index in [0.717, 1.165) is 11.3 Å². The molecule has 1 rings (SSSR count). The van der Waals surface area contributed by atoms with E-state index in [1.54, 1.807) is 19.2 Å². The molecule has 0 fully saturated rings. The van der Waals surface area contributed by atoms with E-state index in [0.29, 0.717) is 12.5 Å². The van der Waals surface area contributed by atoms with Crippen molar-refractivity contribution in [2.45, 2.75) is 20.5 Å². The number of hydrogen-bond donors (Lipinski definition) is 1. The maximum Gasteiger partial charge on any atom is 0.384 e. The number of esters is 2. The first-order valence-electron chi connectivity index (χ1n) is 7.66. The molecule has 0 amide bonds. The van der Waals surface area contributed by atoms with Crippen LogP contribution in [0.2, 0.25) is 0 Å². The van der Waals surface area contributed by atoms with Gasteiger partial charge >= 0.3 is 11.9 Å². The number of rotatable bonds is 8. The molecule has 0 unspecified atom stereocenters. The van der Waals surface area contributed by atoms with Gasteiger partial charge in [-0.25, -0.2) is 4.79 Å². The first kappa shape index (κ1) is 19.5. The molecular weight excluding hydrogens is 310 g/mol. The largest absolute Gasteiger partial charge is 0.497 e. The van der Waals surface area contributed by atoms with Crippen LogP contribution in [0, 0.1) is 17.8 Å². The molecule has 6 heteroatoms. The van der Waals surface area contributed by atoms with Gasteiger partial charge in [-0.1, -0.05) is 31.9 Å². The monoisotopic (exact) mass is 333 g/mol. The van der Waals surface area contributed by atoms with Gasteiger partial charge in [0.15, 0.2) is 0 Å². The molecule has 130 valence electrons. The molecule has 0 atom stereocenters. The Morgan fingerprint density at radius 1 is 1.17 bits per heavy atom. The molecule has 0 aliphatic rings. The Hall–Kier alpha value is -2.52. The van der Waals surface area contributed by atoms with Crippen LogP contribution in [0.25, 0.3) is 0 Å². The van der Waals surface area contributed by atoms with Crippen molar-refractivity contribution in [1.29, 1.82) is 0 Å². The van der Waals surface area contributed by atoms with Gasteiger partial charge in [-0.15, -0.1) is 0 Å². The van der Waals surface area contributed by atoms with Gasteiger partial charge in [0.05, 0.1) is 26.8 Å². The van der Waals surface area contributed by atoms with Crippen molar-refractivity contribution in [3.8, 4) is 17.6 Å². The van der Waals surface area contributed by atoms with Crippen molar-refractivity contribution in [3.05, 3.63) is 29.8 Å². The van der Waals surface area contributed by atoms with Gasteiger partial charge in [0, 0.05) is 5.92 Å². The highest BCUT2D eigenvalue weighted by Crippen LogP contribution is 2.11. The van der Waals surface area contributed by atoms with Crippen molar-refractivity contribution in [2.24, 2.45) is 5.92 Å². The summed E-state index contributed by atoms with van der Waals surface area (Å²) in [6, 6.07) is 7.20. The predicted octanol–water partition coefficient (Wildman–Crippen LogP) is 1.53. The normalized spacial score (nSPS) is 9.83.